The smallest absolute Gasteiger partial charge is 0.192 e. The Bertz CT molecular complexity index is 1590. The third-order valence-electron chi connectivity index (χ3n) is 6.24. The zero-order valence-electron chi connectivity index (χ0n) is 21.4. The average Bonchev–Trinajstić information content (AvgIpc) is 3.50. The Balaban J connectivity index is 1.44. The minimum Gasteiger partial charge on any atom is -0.497 e. The summed E-state index contributed by atoms with van der Waals surface area (Å²) in [7, 11) is 1.64. The summed E-state index contributed by atoms with van der Waals surface area (Å²) in [5.41, 5.74) is 1.60. The number of hydrogen-bond donors (Lipinski definition) is 0. The molecule has 0 aliphatic carbocycles. The molecule has 7 nitrogen and oxygen atoms in total. The normalized spacial score (nSPS) is 11.8. The third-order valence-corrected chi connectivity index (χ3v) is 6.46. The van der Waals surface area contributed by atoms with E-state index in [9.17, 15) is 8.78 Å². The van der Waals surface area contributed by atoms with Gasteiger partial charge in [0.1, 0.15) is 5.75 Å². The van der Waals surface area contributed by atoms with Crippen LogP contribution in [-0.2, 0) is 18.7 Å². The van der Waals surface area contributed by atoms with E-state index in [4.69, 9.17) is 21.1 Å². The Morgan fingerprint density at radius 2 is 1.68 bits per heavy atom. The van der Waals surface area contributed by atoms with E-state index >= 15 is 0 Å². The second-order valence-corrected chi connectivity index (χ2v) is 9.79. The number of benzene rings is 3. The van der Waals surface area contributed by atoms with Crippen LogP contribution in [0.2, 0.25) is 5.02 Å². The maximum absolute atomic E-state index is 14.4. The first-order chi connectivity index (χ1) is 18.2. The van der Waals surface area contributed by atoms with Crippen molar-refractivity contribution in [2.24, 2.45) is 0 Å². The van der Waals surface area contributed by atoms with Gasteiger partial charge in [-0.2, -0.15) is 5.10 Å². The molecule has 0 aliphatic rings. The number of rotatable bonds is 8. The van der Waals surface area contributed by atoms with Crippen LogP contribution in [0.5, 0.6) is 11.5 Å². The van der Waals surface area contributed by atoms with Crippen LogP contribution in [-0.4, -0.2) is 31.7 Å². The molecule has 0 saturated heterocycles. The lowest BCUT2D eigenvalue weighted by Crippen LogP contribution is -2.30. The van der Waals surface area contributed by atoms with Crippen molar-refractivity contribution in [2.75, 3.05) is 7.11 Å². The van der Waals surface area contributed by atoms with Gasteiger partial charge in [-0.25, -0.2) is 8.78 Å². The van der Waals surface area contributed by atoms with Gasteiger partial charge in [0, 0.05) is 28.7 Å². The van der Waals surface area contributed by atoms with Crippen molar-refractivity contribution in [1.29, 1.82) is 0 Å². The molecule has 0 fully saturated rings. The van der Waals surface area contributed by atoms with Crippen LogP contribution in [0, 0.1) is 11.6 Å². The first-order valence-corrected chi connectivity index (χ1v) is 12.4. The molecule has 2 aromatic heterocycles. The van der Waals surface area contributed by atoms with Crippen molar-refractivity contribution in [3.05, 3.63) is 88.8 Å². The van der Waals surface area contributed by atoms with Crippen LogP contribution < -0.4 is 9.47 Å². The van der Waals surface area contributed by atoms with Crippen LogP contribution >= 0.6 is 11.6 Å². The topological polar surface area (TPSA) is 67.0 Å². The molecular formula is C28H26ClF2N5O2. The summed E-state index contributed by atoms with van der Waals surface area (Å²) in [6, 6.07) is 15.7. The lowest BCUT2D eigenvalue weighted by atomic mass is 10.1. The lowest BCUT2D eigenvalue weighted by Gasteiger charge is -2.26. The van der Waals surface area contributed by atoms with E-state index < -0.39 is 23.0 Å². The molecule has 38 heavy (non-hydrogen) atoms. The summed E-state index contributed by atoms with van der Waals surface area (Å²) >= 11 is 5.75. The summed E-state index contributed by atoms with van der Waals surface area (Å²) < 4.78 is 43.6. The second-order valence-electron chi connectivity index (χ2n) is 9.35. The number of nitrogens with zero attached hydrogens (tertiary/aromatic N) is 5. The summed E-state index contributed by atoms with van der Waals surface area (Å²) in [4.78, 5) is 0. The molecule has 0 spiro atoms. The van der Waals surface area contributed by atoms with Gasteiger partial charge in [-0.1, -0.05) is 23.7 Å². The zero-order valence-corrected chi connectivity index (χ0v) is 22.1. The molecule has 0 atom stereocenters. The van der Waals surface area contributed by atoms with E-state index in [0.717, 1.165) is 39.9 Å². The summed E-state index contributed by atoms with van der Waals surface area (Å²) in [5, 5.41) is 14.3. The Labute approximate surface area is 223 Å². The van der Waals surface area contributed by atoms with Crippen molar-refractivity contribution in [3.8, 4) is 22.9 Å². The Morgan fingerprint density at radius 1 is 0.974 bits per heavy atom. The predicted octanol–water partition coefficient (Wildman–Crippen LogP) is 6.62. The predicted molar refractivity (Wildman–Crippen MR) is 142 cm³/mol. The SMILES string of the molecule is CCn1c(-c2ccc3nn(Cc4ccc(OC)cc4)cc3c2)nnc1C(C)(C)Oc1c(F)cc(Cl)cc1F. The third kappa shape index (κ3) is 4.93. The maximum Gasteiger partial charge on any atom is 0.192 e. The number of fused-ring (bicyclic) bond motifs is 1. The fraction of sp³-hybridized carbons (Fsp3) is 0.250. The number of halogens is 3. The highest BCUT2D eigenvalue weighted by Gasteiger charge is 2.33. The van der Waals surface area contributed by atoms with Gasteiger partial charge >= 0.3 is 0 Å². The van der Waals surface area contributed by atoms with Gasteiger partial charge in [0.15, 0.2) is 34.6 Å². The largest absolute Gasteiger partial charge is 0.497 e. The molecule has 2 heterocycles. The van der Waals surface area contributed by atoms with Crippen LogP contribution in [0.3, 0.4) is 0 Å². The van der Waals surface area contributed by atoms with Crippen molar-refractivity contribution in [2.45, 2.75) is 39.5 Å². The van der Waals surface area contributed by atoms with Gasteiger partial charge in [-0.3, -0.25) is 4.68 Å². The van der Waals surface area contributed by atoms with E-state index in [-0.39, 0.29) is 5.02 Å². The van der Waals surface area contributed by atoms with Gasteiger partial charge in [-0.15, -0.1) is 10.2 Å². The molecule has 0 radical (unpaired) electrons. The molecule has 5 rings (SSSR count). The molecule has 5 aromatic rings. The molecule has 0 saturated carbocycles. The Hall–Kier alpha value is -3.98. The van der Waals surface area contributed by atoms with Crippen molar-refractivity contribution < 1.29 is 18.3 Å². The van der Waals surface area contributed by atoms with Crippen LogP contribution in [0.15, 0.2) is 60.8 Å². The van der Waals surface area contributed by atoms with Crippen molar-refractivity contribution in [1.82, 2.24) is 24.5 Å². The molecule has 0 bridgehead atoms. The summed E-state index contributed by atoms with van der Waals surface area (Å²) in [6.45, 7) is 6.46. The Morgan fingerprint density at radius 3 is 2.34 bits per heavy atom. The second kappa shape index (κ2) is 10.1. The highest BCUT2D eigenvalue weighted by molar-refractivity contribution is 6.30. The van der Waals surface area contributed by atoms with Crippen LogP contribution in [0.1, 0.15) is 32.2 Å². The molecule has 196 valence electrons. The van der Waals surface area contributed by atoms with Crippen molar-refractivity contribution >= 4 is 22.5 Å². The number of ether oxygens (including phenoxy) is 2. The summed E-state index contributed by atoms with van der Waals surface area (Å²) in [6.07, 6.45) is 1.98. The fourth-order valence-corrected chi connectivity index (χ4v) is 4.60. The van der Waals surface area contributed by atoms with E-state index in [1.165, 1.54) is 0 Å². The average molecular weight is 538 g/mol. The molecule has 3 aromatic carbocycles. The van der Waals surface area contributed by atoms with Crippen LogP contribution in [0.25, 0.3) is 22.3 Å². The van der Waals surface area contributed by atoms with Crippen LogP contribution in [0.4, 0.5) is 8.78 Å². The quantitative estimate of drug-likeness (QED) is 0.222. The standard InChI is InChI=1S/C28H26ClF2N5O2/c1-5-36-26(32-33-27(36)28(2,3)38-25-22(30)13-20(29)14-23(25)31)18-8-11-24-19(12-18)16-35(34-24)15-17-6-9-21(37-4)10-7-17/h6-14,16H,5,15H2,1-4H3. The highest BCUT2D eigenvalue weighted by Crippen LogP contribution is 2.34. The molecule has 10 heteroatoms. The van der Waals surface area contributed by atoms with Gasteiger partial charge in [-0.05, 0) is 68.8 Å². The number of methoxy groups -OCH3 is 1. The monoisotopic (exact) mass is 537 g/mol. The Kier molecular flexibility index (Phi) is 6.79. The van der Waals surface area contributed by atoms with E-state index in [1.807, 2.05) is 64.8 Å². The minimum absolute atomic E-state index is 0.0492. The first-order valence-electron chi connectivity index (χ1n) is 12.1. The van der Waals surface area contributed by atoms with Gasteiger partial charge in [0.2, 0.25) is 0 Å². The molecule has 0 unspecified atom stereocenters. The minimum atomic E-state index is -1.19. The summed E-state index contributed by atoms with van der Waals surface area (Å²) in [5.74, 6) is -0.441. The van der Waals surface area contributed by atoms with Crippen molar-refractivity contribution in [3.63, 3.8) is 0 Å². The first kappa shape index (κ1) is 25.7. The lowest BCUT2D eigenvalue weighted by molar-refractivity contribution is 0.0827. The van der Waals surface area contributed by atoms with Gasteiger partial charge in [0.05, 0.1) is 19.2 Å². The van der Waals surface area contributed by atoms with Gasteiger partial charge < -0.3 is 14.0 Å². The van der Waals surface area contributed by atoms with E-state index in [2.05, 4.69) is 15.3 Å². The van der Waals surface area contributed by atoms with Gasteiger partial charge in [0.25, 0.3) is 0 Å². The molecule has 0 N–H and O–H groups in total. The molecular weight excluding hydrogens is 512 g/mol. The molecule has 0 aliphatic heterocycles. The maximum atomic E-state index is 14.4. The van der Waals surface area contributed by atoms with E-state index in [1.54, 1.807) is 21.0 Å². The van der Waals surface area contributed by atoms with E-state index in [0.29, 0.717) is 24.7 Å². The number of aromatic nitrogens is 5. The number of hydrogen-bond acceptors (Lipinski definition) is 5. The fourth-order valence-electron chi connectivity index (χ4n) is 4.40. The highest BCUT2D eigenvalue weighted by atomic mass is 35.5. The zero-order chi connectivity index (χ0) is 27.0. The molecule has 0 amide bonds.